The topological polar surface area (TPSA) is 155 Å². The second kappa shape index (κ2) is 15.0. The number of hydrogen-bond acceptors (Lipinski definition) is 11. The Kier molecular flexibility index (Phi) is 10.9. The van der Waals surface area contributed by atoms with Crippen molar-refractivity contribution in [1.29, 1.82) is 0 Å². The molecule has 2 N–H and O–H groups in total. The molecule has 1 aliphatic carbocycles. The highest BCUT2D eigenvalue weighted by molar-refractivity contribution is 5.97. The number of nitrogens with one attached hydrogen (secondary N) is 2. The Morgan fingerprint density at radius 1 is 0.960 bits per heavy atom. The summed E-state index contributed by atoms with van der Waals surface area (Å²) >= 11 is 0. The first-order chi connectivity index (χ1) is 24.0. The minimum atomic E-state index is -0.916. The molecule has 4 saturated heterocycles. The van der Waals surface area contributed by atoms with Crippen LogP contribution in [-0.2, 0) is 33.6 Å². The average molecular weight is 698 g/mol. The fourth-order valence-corrected chi connectivity index (χ4v) is 8.32. The molecule has 5 fully saturated rings. The van der Waals surface area contributed by atoms with E-state index >= 15 is 0 Å². The third-order valence-corrected chi connectivity index (χ3v) is 11.2. The zero-order valence-electron chi connectivity index (χ0n) is 29.8. The van der Waals surface area contributed by atoms with Crippen molar-refractivity contribution in [1.82, 2.24) is 10.6 Å². The number of hydrogen-bond donors (Lipinski definition) is 2. The molecule has 13 nitrogen and oxygen atoms in total. The van der Waals surface area contributed by atoms with E-state index in [0.29, 0.717) is 49.2 Å². The minimum absolute atomic E-state index is 0.0211. The van der Waals surface area contributed by atoms with Crippen LogP contribution in [0.1, 0.15) is 96.3 Å². The van der Waals surface area contributed by atoms with Crippen LogP contribution in [0.4, 0.5) is 5.69 Å². The average Bonchev–Trinajstić information content (AvgIpc) is 3.33. The standard InChI is InChI=1S/C37H51N3O10/c1-6-40(7-2)25-12-11-24-20-26(33(44)45-29(24)21-25)32(43)39-19-9-8-18-38-30(41)14-15-31(42)46-34-23(4)28-13-10-22(3)27-16-17-36(5)48-35(47-34)37(27,28)50-49-36/h11-12,20-23,27-28,34-35H,6-10,13-19H2,1-5H3,(H,38,41)(H,39,43)/t22-,23-,27?,28+,34-,35-,36?,37?/m1/s1. The van der Waals surface area contributed by atoms with Gasteiger partial charge in [0.15, 0.2) is 11.9 Å². The zero-order valence-corrected chi connectivity index (χ0v) is 29.8. The second-order valence-electron chi connectivity index (χ2n) is 14.4. The van der Waals surface area contributed by atoms with Gasteiger partial charge in [0.1, 0.15) is 11.1 Å². The van der Waals surface area contributed by atoms with E-state index in [2.05, 4.69) is 36.3 Å². The lowest BCUT2D eigenvalue weighted by Gasteiger charge is -2.59. The highest BCUT2D eigenvalue weighted by Crippen LogP contribution is 2.60. The lowest BCUT2D eigenvalue weighted by atomic mass is 9.58. The summed E-state index contributed by atoms with van der Waals surface area (Å²) in [6.45, 7) is 12.6. The third kappa shape index (κ3) is 7.15. The molecule has 13 heteroatoms. The maximum atomic E-state index is 12.8. The Morgan fingerprint density at radius 3 is 2.48 bits per heavy atom. The summed E-state index contributed by atoms with van der Waals surface area (Å²) in [6.07, 6.45) is 3.09. The summed E-state index contributed by atoms with van der Waals surface area (Å²) < 4.78 is 23.9. The largest absolute Gasteiger partial charge is 0.435 e. The predicted molar refractivity (Wildman–Crippen MR) is 183 cm³/mol. The Morgan fingerprint density at radius 2 is 1.72 bits per heavy atom. The molecule has 5 heterocycles. The van der Waals surface area contributed by atoms with Crippen molar-refractivity contribution in [3.05, 3.63) is 40.2 Å². The van der Waals surface area contributed by atoms with Gasteiger partial charge in [0, 0.05) is 68.0 Å². The van der Waals surface area contributed by atoms with Crippen LogP contribution in [0.2, 0.25) is 0 Å². The van der Waals surface area contributed by atoms with E-state index in [9.17, 15) is 19.2 Å². The van der Waals surface area contributed by atoms with Gasteiger partial charge in [-0.3, -0.25) is 14.4 Å². The molecule has 2 amide bonds. The molecule has 7 rings (SSSR count). The summed E-state index contributed by atoms with van der Waals surface area (Å²) in [7, 11) is 0. The van der Waals surface area contributed by atoms with E-state index < -0.39 is 41.5 Å². The smallest absolute Gasteiger partial charge is 0.349 e. The number of benzene rings is 1. The Labute approximate surface area is 292 Å². The van der Waals surface area contributed by atoms with E-state index in [4.69, 9.17) is 28.4 Å². The number of esters is 1. The number of fused-ring (bicyclic) bond motifs is 3. The summed E-state index contributed by atoms with van der Waals surface area (Å²) in [5.41, 5.74) is -0.0940. The molecule has 2 bridgehead atoms. The number of amides is 2. The summed E-state index contributed by atoms with van der Waals surface area (Å²) in [5.74, 6) is -1.67. The van der Waals surface area contributed by atoms with Gasteiger partial charge in [0.05, 0.1) is 6.42 Å². The van der Waals surface area contributed by atoms with E-state index in [1.807, 2.05) is 32.0 Å². The van der Waals surface area contributed by atoms with Crippen molar-refractivity contribution in [3.63, 3.8) is 0 Å². The predicted octanol–water partition coefficient (Wildman–Crippen LogP) is 4.80. The quantitative estimate of drug-likeness (QED) is 0.128. The van der Waals surface area contributed by atoms with Gasteiger partial charge in [-0.1, -0.05) is 13.8 Å². The van der Waals surface area contributed by atoms with Crippen molar-refractivity contribution in [2.75, 3.05) is 31.1 Å². The van der Waals surface area contributed by atoms with Gasteiger partial charge in [0.2, 0.25) is 18.0 Å². The summed E-state index contributed by atoms with van der Waals surface area (Å²) in [5, 5.41) is 6.23. The molecule has 8 atom stereocenters. The van der Waals surface area contributed by atoms with Crippen molar-refractivity contribution in [3.8, 4) is 0 Å². The number of rotatable bonds is 13. The molecule has 3 unspecified atom stereocenters. The SMILES string of the molecule is CCN(CC)c1ccc2cc(C(=O)NCCCCNC(=O)CCC(=O)O[C@@H]3O[C@@H]4OC5(C)CCC6[C@H](C)CC[C@@H]([C@H]3C)C64OO5)c(=O)oc2c1. The highest BCUT2D eigenvalue weighted by Gasteiger charge is 2.69. The molecule has 2 aromatic rings. The van der Waals surface area contributed by atoms with Gasteiger partial charge in [0.25, 0.3) is 5.91 Å². The van der Waals surface area contributed by atoms with Gasteiger partial charge >= 0.3 is 11.6 Å². The molecule has 50 heavy (non-hydrogen) atoms. The van der Waals surface area contributed by atoms with Crippen molar-refractivity contribution in [2.45, 2.75) is 110 Å². The first-order valence-corrected chi connectivity index (χ1v) is 18.2. The van der Waals surface area contributed by atoms with Gasteiger partial charge in [-0.25, -0.2) is 14.6 Å². The zero-order chi connectivity index (χ0) is 35.6. The van der Waals surface area contributed by atoms with Crippen LogP contribution in [0.15, 0.2) is 33.5 Å². The number of anilines is 1. The number of ether oxygens (including phenoxy) is 3. The summed E-state index contributed by atoms with van der Waals surface area (Å²) in [4.78, 5) is 64.7. The van der Waals surface area contributed by atoms with Crippen molar-refractivity contribution in [2.24, 2.45) is 23.7 Å². The molecule has 274 valence electrons. The van der Waals surface area contributed by atoms with Crippen LogP contribution in [0, 0.1) is 23.7 Å². The number of carbonyl (C=O) groups excluding carboxylic acids is 3. The first kappa shape index (κ1) is 36.3. The van der Waals surface area contributed by atoms with E-state index in [-0.39, 0.29) is 42.1 Å². The fraction of sp³-hybridized carbons (Fsp3) is 0.676. The van der Waals surface area contributed by atoms with Crippen LogP contribution in [0.3, 0.4) is 0 Å². The molecule has 1 spiro atoms. The van der Waals surface area contributed by atoms with Crippen LogP contribution < -0.4 is 21.2 Å². The number of unbranched alkanes of at least 4 members (excludes halogenated alkanes) is 1. The first-order valence-electron chi connectivity index (χ1n) is 18.2. The van der Waals surface area contributed by atoms with Gasteiger partial charge in [-0.15, -0.1) is 0 Å². The Bertz CT molecular complexity index is 1630. The molecule has 5 aliphatic rings. The molecule has 1 saturated carbocycles. The molecule has 4 aliphatic heterocycles. The van der Waals surface area contributed by atoms with E-state index in [1.54, 1.807) is 6.07 Å². The lowest BCUT2D eigenvalue weighted by Crippen LogP contribution is -2.70. The maximum absolute atomic E-state index is 12.8. The molecular formula is C37H51N3O10. The van der Waals surface area contributed by atoms with Crippen molar-refractivity contribution >= 4 is 34.4 Å². The van der Waals surface area contributed by atoms with E-state index in [0.717, 1.165) is 38.0 Å². The maximum Gasteiger partial charge on any atom is 0.349 e. The van der Waals surface area contributed by atoms with Gasteiger partial charge < -0.3 is 34.2 Å². The Hall–Kier alpha value is -3.52. The monoisotopic (exact) mass is 697 g/mol. The van der Waals surface area contributed by atoms with Crippen molar-refractivity contribution < 1.29 is 42.8 Å². The van der Waals surface area contributed by atoms with Crippen LogP contribution in [-0.4, -0.2) is 67.9 Å². The molecule has 0 radical (unpaired) electrons. The normalized spacial score (nSPS) is 31.4. The molecule has 1 aromatic heterocycles. The fourth-order valence-electron chi connectivity index (χ4n) is 8.32. The third-order valence-electron chi connectivity index (χ3n) is 11.2. The second-order valence-corrected chi connectivity index (χ2v) is 14.4. The molecule has 1 aromatic carbocycles. The summed E-state index contributed by atoms with van der Waals surface area (Å²) in [6, 6.07) is 7.15. The minimum Gasteiger partial charge on any atom is -0.435 e. The highest BCUT2D eigenvalue weighted by atomic mass is 17.3. The van der Waals surface area contributed by atoms with Crippen LogP contribution in [0.25, 0.3) is 11.0 Å². The number of carbonyl (C=O) groups is 3. The van der Waals surface area contributed by atoms with Gasteiger partial charge in [-0.05, 0) is 82.9 Å². The van der Waals surface area contributed by atoms with E-state index in [1.165, 1.54) is 0 Å². The molecular weight excluding hydrogens is 646 g/mol. The van der Waals surface area contributed by atoms with Crippen LogP contribution >= 0.6 is 0 Å². The lowest BCUT2D eigenvalue weighted by molar-refractivity contribution is -0.576. The van der Waals surface area contributed by atoms with Crippen LogP contribution in [0.5, 0.6) is 0 Å². The van der Waals surface area contributed by atoms with Gasteiger partial charge in [-0.2, -0.15) is 0 Å². The number of nitrogens with zero attached hydrogens (tertiary/aromatic N) is 1. The Balaban J connectivity index is 0.906.